The molecule has 0 aliphatic heterocycles. The maximum absolute atomic E-state index is 12.8. The average Bonchev–Trinajstić information content (AvgIpc) is 3.24. The van der Waals surface area contributed by atoms with Gasteiger partial charge in [0.1, 0.15) is 6.54 Å². The van der Waals surface area contributed by atoms with Crippen LogP contribution in [0.25, 0.3) is 17.5 Å². The zero-order valence-corrected chi connectivity index (χ0v) is 18.5. The van der Waals surface area contributed by atoms with Crippen molar-refractivity contribution in [1.82, 2.24) is 15.0 Å². The van der Waals surface area contributed by atoms with Crippen molar-refractivity contribution in [2.45, 2.75) is 33.4 Å². The molecule has 1 heterocycles. The van der Waals surface area contributed by atoms with Gasteiger partial charge >= 0.3 is 0 Å². The summed E-state index contributed by atoms with van der Waals surface area (Å²) in [5.41, 5.74) is 2.86. The molecule has 162 valence electrons. The summed E-state index contributed by atoms with van der Waals surface area (Å²) in [5, 5.41) is 4.05. The number of hydrogen-bond donors (Lipinski definition) is 0. The van der Waals surface area contributed by atoms with Crippen molar-refractivity contribution in [3.05, 3.63) is 65.6 Å². The largest absolute Gasteiger partial charge is 0.493 e. The molecule has 2 aromatic carbocycles. The number of carbonyl (C=O) groups is 1. The van der Waals surface area contributed by atoms with Crippen LogP contribution in [0.1, 0.15) is 30.9 Å². The third-order valence-corrected chi connectivity index (χ3v) is 4.82. The van der Waals surface area contributed by atoms with Gasteiger partial charge in [0.15, 0.2) is 11.5 Å². The van der Waals surface area contributed by atoms with Crippen molar-refractivity contribution in [3.63, 3.8) is 0 Å². The Morgan fingerprint density at radius 2 is 1.81 bits per heavy atom. The molecule has 0 saturated carbocycles. The number of methoxy groups -OCH3 is 2. The Hall–Kier alpha value is -3.61. The third-order valence-electron chi connectivity index (χ3n) is 4.82. The van der Waals surface area contributed by atoms with Gasteiger partial charge in [-0.2, -0.15) is 4.98 Å². The summed E-state index contributed by atoms with van der Waals surface area (Å²) in [5.74, 6) is 1.98. The van der Waals surface area contributed by atoms with Crippen LogP contribution in [-0.2, 0) is 11.3 Å². The molecule has 0 aliphatic carbocycles. The second kappa shape index (κ2) is 9.93. The van der Waals surface area contributed by atoms with Crippen LogP contribution in [0.2, 0.25) is 0 Å². The predicted octanol–water partition coefficient (Wildman–Crippen LogP) is 4.51. The maximum Gasteiger partial charge on any atom is 0.247 e. The lowest BCUT2D eigenvalue weighted by Gasteiger charge is -2.23. The van der Waals surface area contributed by atoms with E-state index in [-0.39, 0.29) is 18.5 Å². The van der Waals surface area contributed by atoms with E-state index in [1.807, 2.05) is 57.2 Å². The Bertz CT molecular complexity index is 1050. The van der Waals surface area contributed by atoms with E-state index in [4.69, 9.17) is 14.0 Å². The van der Waals surface area contributed by atoms with Gasteiger partial charge in [0.2, 0.25) is 17.6 Å². The van der Waals surface area contributed by atoms with Gasteiger partial charge in [-0.05, 0) is 44.5 Å². The second-order valence-corrected chi connectivity index (χ2v) is 7.39. The molecular formula is C24H27N3O4. The molecule has 0 fully saturated rings. The zero-order chi connectivity index (χ0) is 22.4. The lowest BCUT2D eigenvalue weighted by molar-refractivity contribution is -0.128. The predicted molar refractivity (Wildman–Crippen MR) is 119 cm³/mol. The highest BCUT2D eigenvalue weighted by atomic mass is 16.5. The molecule has 31 heavy (non-hydrogen) atoms. The first-order valence-corrected chi connectivity index (χ1v) is 10.0. The van der Waals surface area contributed by atoms with Crippen LogP contribution in [0.15, 0.2) is 53.1 Å². The van der Waals surface area contributed by atoms with Crippen molar-refractivity contribution in [2.24, 2.45) is 0 Å². The Kier molecular flexibility index (Phi) is 7.07. The smallest absolute Gasteiger partial charge is 0.247 e. The maximum atomic E-state index is 12.8. The lowest BCUT2D eigenvalue weighted by atomic mass is 10.1. The average molecular weight is 421 g/mol. The zero-order valence-electron chi connectivity index (χ0n) is 18.5. The molecule has 1 amide bonds. The Morgan fingerprint density at radius 3 is 2.45 bits per heavy atom. The molecule has 3 rings (SSSR count). The molecule has 0 aliphatic rings. The number of aromatic nitrogens is 2. The van der Waals surface area contributed by atoms with Crippen molar-refractivity contribution < 1.29 is 18.8 Å². The van der Waals surface area contributed by atoms with Crippen molar-refractivity contribution in [2.75, 3.05) is 14.2 Å². The van der Waals surface area contributed by atoms with Gasteiger partial charge in [-0.1, -0.05) is 41.1 Å². The number of aryl methyl sites for hydroxylation is 1. The highest BCUT2D eigenvalue weighted by Crippen LogP contribution is 2.28. The van der Waals surface area contributed by atoms with Gasteiger partial charge in [-0.3, -0.25) is 4.79 Å². The summed E-state index contributed by atoms with van der Waals surface area (Å²) in [6.45, 7) is 6.14. The van der Waals surface area contributed by atoms with E-state index >= 15 is 0 Å². The fourth-order valence-electron chi connectivity index (χ4n) is 3.02. The molecule has 0 unspecified atom stereocenters. The van der Waals surface area contributed by atoms with Crippen molar-refractivity contribution in [1.29, 1.82) is 0 Å². The highest BCUT2D eigenvalue weighted by Gasteiger charge is 2.19. The quantitative estimate of drug-likeness (QED) is 0.498. The Labute approximate surface area is 182 Å². The number of ether oxygens (including phenoxy) is 2. The lowest BCUT2D eigenvalue weighted by Crippen LogP contribution is -2.35. The summed E-state index contributed by atoms with van der Waals surface area (Å²) in [4.78, 5) is 19.0. The van der Waals surface area contributed by atoms with E-state index in [1.165, 1.54) is 6.08 Å². The van der Waals surface area contributed by atoms with Crippen LogP contribution in [0.4, 0.5) is 0 Å². The SMILES string of the molecule is COc1ccc(/C=C/C(=O)N(Cc2nc(-c3ccc(C)cc3)no2)C(C)C)cc1OC. The van der Waals surface area contributed by atoms with E-state index in [1.54, 1.807) is 31.3 Å². The first kappa shape index (κ1) is 22.1. The van der Waals surface area contributed by atoms with Crippen LogP contribution < -0.4 is 9.47 Å². The first-order valence-electron chi connectivity index (χ1n) is 10.0. The Morgan fingerprint density at radius 1 is 1.10 bits per heavy atom. The monoisotopic (exact) mass is 421 g/mol. The van der Waals surface area contributed by atoms with Gasteiger partial charge in [0, 0.05) is 17.7 Å². The topological polar surface area (TPSA) is 77.7 Å². The summed E-state index contributed by atoms with van der Waals surface area (Å²) < 4.78 is 15.9. The third kappa shape index (κ3) is 5.51. The fraction of sp³-hybridized carbons (Fsp3) is 0.292. The van der Waals surface area contributed by atoms with Crippen LogP contribution in [0, 0.1) is 6.92 Å². The number of benzene rings is 2. The van der Waals surface area contributed by atoms with Gasteiger partial charge < -0.3 is 18.9 Å². The molecule has 7 nitrogen and oxygen atoms in total. The molecule has 1 aromatic heterocycles. The number of rotatable bonds is 8. The minimum atomic E-state index is -0.153. The summed E-state index contributed by atoms with van der Waals surface area (Å²) in [7, 11) is 3.16. The van der Waals surface area contributed by atoms with Gasteiger partial charge in [0.05, 0.1) is 14.2 Å². The Balaban J connectivity index is 1.73. The second-order valence-electron chi connectivity index (χ2n) is 7.39. The number of nitrogens with zero attached hydrogens (tertiary/aromatic N) is 3. The first-order chi connectivity index (χ1) is 14.9. The minimum Gasteiger partial charge on any atom is -0.493 e. The summed E-state index contributed by atoms with van der Waals surface area (Å²) in [6.07, 6.45) is 3.27. The van der Waals surface area contributed by atoms with Crippen molar-refractivity contribution >= 4 is 12.0 Å². The van der Waals surface area contributed by atoms with Crippen molar-refractivity contribution in [3.8, 4) is 22.9 Å². The normalized spacial score (nSPS) is 11.2. The standard InChI is InChI=1S/C24H27N3O4/c1-16(2)27(15-22-25-24(26-31-22)19-10-6-17(3)7-11-19)23(28)13-9-18-8-12-20(29-4)21(14-18)30-5/h6-14,16H,15H2,1-5H3/b13-9+. The highest BCUT2D eigenvalue weighted by molar-refractivity contribution is 5.92. The van der Waals surface area contributed by atoms with E-state index in [9.17, 15) is 4.79 Å². The van der Waals surface area contributed by atoms with Crippen LogP contribution in [0.3, 0.4) is 0 Å². The molecule has 0 atom stereocenters. The molecule has 0 N–H and O–H groups in total. The number of amides is 1. The van der Waals surface area contributed by atoms with E-state index in [0.717, 1.165) is 16.7 Å². The van der Waals surface area contributed by atoms with Crippen LogP contribution in [0.5, 0.6) is 11.5 Å². The van der Waals surface area contributed by atoms with E-state index in [2.05, 4.69) is 10.1 Å². The molecule has 0 spiro atoms. The number of hydrogen-bond acceptors (Lipinski definition) is 6. The fourth-order valence-corrected chi connectivity index (χ4v) is 3.02. The van der Waals surface area contributed by atoms with E-state index < -0.39 is 0 Å². The van der Waals surface area contributed by atoms with Crippen LogP contribution >= 0.6 is 0 Å². The van der Waals surface area contributed by atoms with Crippen LogP contribution in [-0.4, -0.2) is 41.2 Å². The molecule has 7 heteroatoms. The molecule has 3 aromatic rings. The minimum absolute atomic E-state index is 0.0442. The number of carbonyl (C=O) groups excluding carboxylic acids is 1. The summed E-state index contributed by atoms with van der Waals surface area (Å²) >= 11 is 0. The molecule has 0 radical (unpaired) electrons. The molecule has 0 bridgehead atoms. The molecular weight excluding hydrogens is 394 g/mol. The van der Waals surface area contributed by atoms with Gasteiger partial charge in [0.25, 0.3) is 0 Å². The molecule has 0 saturated heterocycles. The van der Waals surface area contributed by atoms with E-state index in [0.29, 0.717) is 23.2 Å². The van der Waals surface area contributed by atoms with Gasteiger partial charge in [-0.15, -0.1) is 0 Å². The summed E-state index contributed by atoms with van der Waals surface area (Å²) in [6, 6.07) is 13.3. The van der Waals surface area contributed by atoms with Gasteiger partial charge in [-0.25, -0.2) is 0 Å².